The van der Waals surface area contributed by atoms with Crippen molar-refractivity contribution in [1.82, 2.24) is 14.5 Å². The maximum Gasteiger partial charge on any atom is 0.243 e. The normalized spacial score (nSPS) is 16.3. The molecule has 26 heavy (non-hydrogen) atoms. The predicted octanol–water partition coefficient (Wildman–Crippen LogP) is 0.536. The Morgan fingerprint density at radius 2 is 1.69 bits per heavy atom. The Bertz CT molecular complexity index is 715. The highest BCUT2D eigenvalue weighted by atomic mass is 32.2. The van der Waals surface area contributed by atoms with Crippen LogP contribution in [0.2, 0.25) is 0 Å². The van der Waals surface area contributed by atoms with E-state index in [0.717, 1.165) is 0 Å². The van der Waals surface area contributed by atoms with Gasteiger partial charge in [-0.3, -0.25) is 9.69 Å². The van der Waals surface area contributed by atoms with Gasteiger partial charge in [0.25, 0.3) is 0 Å². The fraction of sp³-hybridized carbons (Fsp3) is 0.588. The van der Waals surface area contributed by atoms with Crippen LogP contribution >= 0.6 is 0 Å². The van der Waals surface area contributed by atoms with Gasteiger partial charge < -0.3 is 14.8 Å². The van der Waals surface area contributed by atoms with Crippen LogP contribution in [-0.4, -0.2) is 76.5 Å². The summed E-state index contributed by atoms with van der Waals surface area (Å²) >= 11 is 0. The van der Waals surface area contributed by atoms with Gasteiger partial charge in [0, 0.05) is 39.3 Å². The Hall–Kier alpha value is -1.84. The van der Waals surface area contributed by atoms with Crippen LogP contribution in [0.5, 0.6) is 11.5 Å². The number of piperazine rings is 1. The average molecular weight is 385 g/mol. The molecule has 0 bridgehead atoms. The van der Waals surface area contributed by atoms with Crippen LogP contribution < -0.4 is 14.8 Å². The highest BCUT2D eigenvalue weighted by molar-refractivity contribution is 7.89. The maximum atomic E-state index is 12.9. The summed E-state index contributed by atoms with van der Waals surface area (Å²) in [5.41, 5.74) is 0. The molecule has 0 aliphatic carbocycles. The summed E-state index contributed by atoms with van der Waals surface area (Å²) in [6, 6.07) is 4.68. The lowest BCUT2D eigenvalue weighted by molar-refractivity contribution is -0.122. The van der Waals surface area contributed by atoms with Gasteiger partial charge in [-0.15, -0.1) is 0 Å². The Kier molecular flexibility index (Phi) is 7.24. The van der Waals surface area contributed by atoms with E-state index in [0.29, 0.717) is 50.9 Å². The second-order valence-electron chi connectivity index (χ2n) is 5.83. The number of likely N-dealkylation sites (N-methyl/N-ethyl adjacent to an activating group) is 1. The first kappa shape index (κ1) is 20.5. The van der Waals surface area contributed by atoms with Crippen molar-refractivity contribution in [3.8, 4) is 11.5 Å². The van der Waals surface area contributed by atoms with Gasteiger partial charge in [0.2, 0.25) is 15.9 Å². The molecule has 146 valence electrons. The molecule has 1 aliphatic rings. The third-order valence-electron chi connectivity index (χ3n) is 4.13. The summed E-state index contributed by atoms with van der Waals surface area (Å²) in [5, 5.41) is 2.58. The van der Waals surface area contributed by atoms with Crippen LogP contribution in [0.25, 0.3) is 0 Å². The van der Waals surface area contributed by atoms with Crippen molar-refractivity contribution >= 4 is 15.9 Å². The van der Waals surface area contributed by atoms with Crippen LogP contribution in [-0.2, 0) is 14.8 Å². The number of sulfonamides is 1. The molecule has 0 unspecified atom stereocenters. The van der Waals surface area contributed by atoms with E-state index in [1.807, 2.05) is 18.7 Å². The van der Waals surface area contributed by atoms with Crippen LogP contribution in [0, 0.1) is 0 Å². The second-order valence-corrected chi connectivity index (χ2v) is 7.77. The molecular weight excluding hydrogens is 358 g/mol. The molecule has 9 heteroatoms. The van der Waals surface area contributed by atoms with E-state index >= 15 is 0 Å². The van der Waals surface area contributed by atoms with Crippen molar-refractivity contribution in [1.29, 1.82) is 0 Å². The topological polar surface area (TPSA) is 88.2 Å². The first-order valence-electron chi connectivity index (χ1n) is 8.75. The van der Waals surface area contributed by atoms with Gasteiger partial charge in [-0.25, -0.2) is 8.42 Å². The molecule has 0 radical (unpaired) electrons. The van der Waals surface area contributed by atoms with Crippen LogP contribution in [0.1, 0.15) is 13.8 Å². The van der Waals surface area contributed by atoms with E-state index in [4.69, 9.17) is 9.47 Å². The summed E-state index contributed by atoms with van der Waals surface area (Å²) in [6.45, 7) is 6.58. The second kappa shape index (κ2) is 9.20. The number of carbonyl (C=O) groups excluding carboxylic acids is 1. The maximum absolute atomic E-state index is 12.9. The molecule has 1 aromatic rings. The summed E-state index contributed by atoms with van der Waals surface area (Å²) in [6.07, 6.45) is 0. The molecular formula is C17H27N3O5S. The third-order valence-corrected chi connectivity index (χ3v) is 6.02. The van der Waals surface area contributed by atoms with Crippen LogP contribution in [0.3, 0.4) is 0 Å². The lowest BCUT2D eigenvalue weighted by atomic mass is 10.3. The smallest absolute Gasteiger partial charge is 0.243 e. The van der Waals surface area contributed by atoms with E-state index in [1.54, 1.807) is 19.2 Å². The Balaban J connectivity index is 2.12. The lowest BCUT2D eigenvalue weighted by Gasteiger charge is -2.33. The number of ether oxygens (including phenoxy) is 2. The van der Waals surface area contributed by atoms with Gasteiger partial charge in [-0.1, -0.05) is 0 Å². The number of amides is 1. The van der Waals surface area contributed by atoms with Crippen molar-refractivity contribution in [2.45, 2.75) is 18.7 Å². The van der Waals surface area contributed by atoms with E-state index in [1.165, 1.54) is 10.4 Å². The highest BCUT2D eigenvalue weighted by Gasteiger charge is 2.29. The third kappa shape index (κ3) is 4.87. The molecule has 0 atom stereocenters. The highest BCUT2D eigenvalue weighted by Crippen LogP contribution is 2.31. The molecule has 1 N–H and O–H groups in total. The van der Waals surface area contributed by atoms with Gasteiger partial charge in [0.1, 0.15) is 0 Å². The summed E-state index contributed by atoms with van der Waals surface area (Å²) in [5.74, 6) is 0.881. The standard InChI is InChI=1S/C17H27N3O5S/c1-4-24-15-7-6-14(12-16(15)25-5-2)26(22,23)20-10-8-19(9-11-20)13-17(21)18-3/h6-7,12H,4-5,8-11,13H2,1-3H3,(H,18,21). The van der Waals surface area contributed by atoms with Crippen molar-refractivity contribution in [2.75, 3.05) is 53.0 Å². The number of benzene rings is 1. The Morgan fingerprint density at radius 3 is 2.27 bits per heavy atom. The molecule has 0 aromatic heterocycles. The molecule has 1 aromatic carbocycles. The molecule has 0 saturated carbocycles. The van der Waals surface area contributed by atoms with E-state index in [9.17, 15) is 13.2 Å². The number of rotatable bonds is 8. The first-order chi connectivity index (χ1) is 12.4. The monoisotopic (exact) mass is 385 g/mol. The molecule has 8 nitrogen and oxygen atoms in total. The number of hydrogen-bond acceptors (Lipinski definition) is 6. The fourth-order valence-corrected chi connectivity index (χ4v) is 4.19. The Labute approximate surface area is 155 Å². The van der Waals surface area contributed by atoms with Gasteiger partial charge in [-0.05, 0) is 26.0 Å². The first-order valence-corrected chi connectivity index (χ1v) is 10.2. The molecule has 1 amide bonds. The molecule has 1 saturated heterocycles. The summed E-state index contributed by atoms with van der Waals surface area (Å²) in [7, 11) is -2.03. The van der Waals surface area contributed by atoms with Crippen molar-refractivity contribution < 1.29 is 22.7 Å². The fourth-order valence-electron chi connectivity index (χ4n) is 2.75. The van der Waals surface area contributed by atoms with Crippen molar-refractivity contribution in [2.24, 2.45) is 0 Å². The zero-order valence-corrected chi connectivity index (χ0v) is 16.3. The SMILES string of the molecule is CCOc1ccc(S(=O)(=O)N2CCN(CC(=O)NC)CC2)cc1OCC. The number of carbonyl (C=O) groups is 1. The molecule has 2 rings (SSSR count). The van der Waals surface area contributed by atoms with E-state index < -0.39 is 10.0 Å². The van der Waals surface area contributed by atoms with Crippen LogP contribution in [0.4, 0.5) is 0 Å². The van der Waals surface area contributed by atoms with Gasteiger partial charge >= 0.3 is 0 Å². The average Bonchev–Trinajstić information content (AvgIpc) is 2.63. The molecule has 0 spiro atoms. The predicted molar refractivity (Wildman–Crippen MR) is 98.0 cm³/mol. The lowest BCUT2D eigenvalue weighted by Crippen LogP contribution is -2.50. The van der Waals surface area contributed by atoms with Crippen molar-refractivity contribution in [3.63, 3.8) is 0 Å². The van der Waals surface area contributed by atoms with Crippen LogP contribution in [0.15, 0.2) is 23.1 Å². The zero-order chi connectivity index (χ0) is 19.2. The summed E-state index contributed by atoms with van der Waals surface area (Å²) < 4.78 is 38.3. The van der Waals surface area contributed by atoms with E-state index in [-0.39, 0.29) is 17.3 Å². The van der Waals surface area contributed by atoms with Gasteiger partial charge in [-0.2, -0.15) is 4.31 Å². The molecule has 1 aliphatic heterocycles. The number of nitrogens with one attached hydrogen (secondary N) is 1. The van der Waals surface area contributed by atoms with E-state index in [2.05, 4.69) is 5.32 Å². The quantitative estimate of drug-likeness (QED) is 0.703. The van der Waals surface area contributed by atoms with Gasteiger partial charge in [0.15, 0.2) is 11.5 Å². The summed E-state index contributed by atoms with van der Waals surface area (Å²) in [4.78, 5) is 13.6. The minimum absolute atomic E-state index is 0.0748. The molecule has 1 heterocycles. The minimum atomic E-state index is -3.62. The van der Waals surface area contributed by atoms with Gasteiger partial charge in [0.05, 0.1) is 24.7 Å². The number of nitrogens with zero attached hydrogens (tertiary/aromatic N) is 2. The largest absolute Gasteiger partial charge is 0.490 e. The minimum Gasteiger partial charge on any atom is -0.490 e. The molecule has 1 fully saturated rings. The van der Waals surface area contributed by atoms with Crippen molar-refractivity contribution in [3.05, 3.63) is 18.2 Å². The zero-order valence-electron chi connectivity index (χ0n) is 15.5. The Morgan fingerprint density at radius 1 is 1.08 bits per heavy atom. The number of hydrogen-bond donors (Lipinski definition) is 1.